The third-order valence-corrected chi connectivity index (χ3v) is 4.90. The van der Waals surface area contributed by atoms with E-state index < -0.39 is 0 Å². The first-order valence-electron chi connectivity index (χ1n) is 7.01. The van der Waals surface area contributed by atoms with Crippen LogP contribution in [0.2, 0.25) is 0 Å². The fourth-order valence-corrected chi connectivity index (χ4v) is 3.72. The maximum absolute atomic E-state index is 12.6. The number of hydrogen-bond donors (Lipinski definition) is 1. The molecule has 20 heavy (non-hydrogen) atoms. The number of aromatic nitrogens is 1. The second-order valence-electron chi connectivity index (χ2n) is 5.71. The van der Waals surface area contributed by atoms with Gasteiger partial charge in [-0.2, -0.15) is 0 Å². The number of benzene rings is 1. The predicted octanol–water partition coefficient (Wildman–Crippen LogP) is 3.14. The summed E-state index contributed by atoms with van der Waals surface area (Å²) < 4.78 is 0.978. The standard InChI is InChI=1S/C15H19N3OS/c1-9-5-6-18(10(2)7-9)14(19)11-3-4-12-13(8-11)20-15(16)17-12/h3-4,8-10H,5-7H2,1-2H3,(H2,16,17). The van der Waals surface area contributed by atoms with Crippen molar-refractivity contribution in [3.8, 4) is 0 Å². The molecule has 1 aromatic carbocycles. The molecule has 0 radical (unpaired) electrons. The van der Waals surface area contributed by atoms with Crippen molar-refractivity contribution in [2.45, 2.75) is 32.7 Å². The summed E-state index contributed by atoms with van der Waals surface area (Å²) in [4.78, 5) is 18.9. The lowest BCUT2D eigenvalue weighted by molar-refractivity contribution is 0.0589. The first kappa shape index (κ1) is 13.4. The van der Waals surface area contributed by atoms with E-state index in [1.807, 2.05) is 23.1 Å². The van der Waals surface area contributed by atoms with Crippen LogP contribution in [0.3, 0.4) is 0 Å². The van der Waals surface area contributed by atoms with E-state index in [0.717, 1.165) is 35.2 Å². The van der Waals surface area contributed by atoms with Gasteiger partial charge < -0.3 is 10.6 Å². The number of fused-ring (bicyclic) bond motifs is 1. The number of hydrogen-bond acceptors (Lipinski definition) is 4. The number of anilines is 1. The van der Waals surface area contributed by atoms with Gasteiger partial charge in [-0.1, -0.05) is 18.3 Å². The van der Waals surface area contributed by atoms with Crippen molar-refractivity contribution in [1.82, 2.24) is 9.88 Å². The number of amides is 1. The molecule has 1 aliphatic rings. The zero-order chi connectivity index (χ0) is 14.3. The first-order valence-corrected chi connectivity index (χ1v) is 7.83. The van der Waals surface area contributed by atoms with Gasteiger partial charge in [0.2, 0.25) is 0 Å². The largest absolute Gasteiger partial charge is 0.375 e. The molecule has 3 rings (SSSR count). The Kier molecular flexibility index (Phi) is 3.38. The van der Waals surface area contributed by atoms with Crippen LogP contribution in [-0.2, 0) is 0 Å². The van der Waals surface area contributed by atoms with Gasteiger partial charge in [-0.25, -0.2) is 4.98 Å². The average molecular weight is 289 g/mol. The van der Waals surface area contributed by atoms with Gasteiger partial charge in [-0.3, -0.25) is 4.79 Å². The Morgan fingerprint density at radius 1 is 1.45 bits per heavy atom. The number of carbonyl (C=O) groups excluding carboxylic acids is 1. The lowest BCUT2D eigenvalue weighted by Gasteiger charge is -2.36. The Labute approximate surface area is 122 Å². The summed E-state index contributed by atoms with van der Waals surface area (Å²) in [7, 11) is 0. The molecule has 0 bridgehead atoms. The van der Waals surface area contributed by atoms with Gasteiger partial charge in [0.1, 0.15) is 0 Å². The summed E-state index contributed by atoms with van der Waals surface area (Å²) in [5.41, 5.74) is 7.31. The second kappa shape index (κ2) is 5.05. The molecule has 1 aromatic heterocycles. The molecule has 2 aromatic rings. The number of nitrogens with zero attached hydrogens (tertiary/aromatic N) is 2. The van der Waals surface area contributed by atoms with Gasteiger partial charge >= 0.3 is 0 Å². The van der Waals surface area contributed by atoms with E-state index >= 15 is 0 Å². The minimum atomic E-state index is 0.123. The molecule has 106 valence electrons. The third-order valence-electron chi connectivity index (χ3n) is 4.05. The molecule has 4 nitrogen and oxygen atoms in total. The van der Waals surface area contributed by atoms with Crippen molar-refractivity contribution in [1.29, 1.82) is 0 Å². The molecule has 2 N–H and O–H groups in total. The van der Waals surface area contributed by atoms with Crippen molar-refractivity contribution in [2.75, 3.05) is 12.3 Å². The number of rotatable bonds is 1. The number of piperidine rings is 1. The van der Waals surface area contributed by atoms with E-state index in [4.69, 9.17) is 5.73 Å². The van der Waals surface area contributed by atoms with Crippen molar-refractivity contribution < 1.29 is 4.79 Å². The molecule has 2 heterocycles. The highest BCUT2D eigenvalue weighted by Gasteiger charge is 2.27. The summed E-state index contributed by atoms with van der Waals surface area (Å²) in [6.07, 6.45) is 2.17. The highest BCUT2D eigenvalue weighted by Crippen LogP contribution is 2.27. The summed E-state index contributed by atoms with van der Waals surface area (Å²) in [6, 6.07) is 5.96. The second-order valence-corrected chi connectivity index (χ2v) is 6.77. The number of likely N-dealkylation sites (tertiary alicyclic amines) is 1. The fourth-order valence-electron chi connectivity index (χ4n) is 2.95. The summed E-state index contributed by atoms with van der Waals surface area (Å²) in [5, 5.41) is 0.546. The lowest BCUT2D eigenvalue weighted by Crippen LogP contribution is -2.44. The van der Waals surface area contributed by atoms with Crippen LogP contribution in [-0.4, -0.2) is 28.4 Å². The van der Waals surface area contributed by atoms with Crippen LogP contribution in [0.15, 0.2) is 18.2 Å². The van der Waals surface area contributed by atoms with Crippen LogP contribution >= 0.6 is 11.3 Å². The SMILES string of the molecule is CC1CCN(C(=O)c2ccc3nc(N)sc3c2)C(C)C1. The Morgan fingerprint density at radius 3 is 3.00 bits per heavy atom. The topological polar surface area (TPSA) is 59.2 Å². The van der Waals surface area contributed by atoms with Gasteiger partial charge in [0.05, 0.1) is 10.2 Å². The average Bonchev–Trinajstić information content (AvgIpc) is 2.77. The van der Waals surface area contributed by atoms with Crippen molar-refractivity contribution in [3.05, 3.63) is 23.8 Å². The summed E-state index contributed by atoms with van der Waals surface area (Å²) in [5.74, 6) is 0.830. The highest BCUT2D eigenvalue weighted by molar-refractivity contribution is 7.22. The molecule has 5 heteroatoms. The molecule has 0 aliphatic carbocycles. The van der Waals surface area contributed by atoms with Crippen LogP contribution in [0.5, 0.6) is 0 Å². The summed E-state index contributed by atoms with van der Waals surface area (Å²) in [6.45, 7) is 5.24. The zero-order valence-corrected chi connectivity index (χ0v) is 12.6. The highest BCUT2D eigenvalue weighted by atomic mass is 32.1. The van der Waals surface area contributed by atoms with Crippen molar-refractivity contribution >= 4 is 32.6 Å². The van der Waals surface area contributed by atoms with Gasteiger partial charge in [0.25, 0.3) is 5.91 Å². The Hall–Kier alpha value is -1.62. The van der Waals surface area contributed by atoms with E-state index in [2.05, 4.69) is 18.8 Å². The van der Waals surface area contributed by atoms with E-state index in [-0.39, 0.29) is 5.91 Å². The maximum Gasteiger partial charge on any atom is 0.254 e. The van der Waals surface area contributed by atoms with E-state index in [0.29, 0.717) is 17.1 Å². The van der Waals surface area contributed by atoms with Crippen LogP contribution < -0.4 is 5.73 Å². The molecular formula is C15H19N3OS. The minimum absolute atomic E-state index is 0.123. The van der Waals surface area contributed by atoms with Gasteiger partial charge in [0.15, 0.2) is 5.13 Å². The summed E-state index contributed by atoms with van der Waals surface area (Å²) >= 11 is 1.43. The van der Waals surface area contributed by atoms with Crippen molar-refractivity contribution in [3.63, 3.8) is 0 Å². The van der Waals surface area contributed by atoms with E-state index in [1.165, 1.54) is 11.3 Å². The van der Waals surface area contributed by atoms with Crippen LogP contribution in [0.4, 0.5) is 5.13 Å². The number of nitrogen functional groups attached to an aromatic ring is 1. The molecular weight excluding hydrogens is 270 g/mol. The van der Waals surface area contributed by atoms with Gasteiger partial charge in [-0.05, 0) is 43.9 Å². The molecule has 1 aliphatic heterocycles. The number of nitrogens with two attached hydrogens (primary N) is 1. The minimum Gasteiger partial charge on any atom is -0.375 e. The van der Waals surface area contributed by atoms with Crippen LogP contribution in [0.25, 0.3) is 10.2 Å². The molecule has 2 atom stereocenters. The Bertz CT molecular complexity index is 652. The van der Waals surface area contributed by atoms with Gasteiger partial charge in [-0.15, -0.1) is 0 Å². The number of thiazole rings is 1. The Morgan fingerprint density at radius 2 is 2.25 bits per heavy atom. The smallest absolute Gasteiger partial charge is 0.254 e. The first-order chi connectivity index (χ1) is 9.54. The molecule has 1 fully saturated rings. The van der Waals surface area contributed by atoms with Crippen molar-refractivity contribution in [2.24, 2.45) is 5.92 Å². The monoisotopic (exact) mass is 289 g/mol. The quantitative estimate of drug-likeness (QED) is 0.877. The number of carbonyl (C=O) groups is 1. The fraction of sp³-hybridized carbons (Fsp3) is 0.467. The molecule has 0 saturated carbocycles. The molecule has 2 unspecified atom stereocenters. The zero-order valence-electron chi connectivity index (χ0n) is 11.8. The lowest BCUT2D eigenvalue weighted by atomic mass is 9.93. The molecule has 1 saturated heterocycles. The molecule has 0 spiro atoms. The molecule has 1 amide bonds. The third kappa shape index (κ3) is 2.38. The maximum atomic E-state index is 12.6. The van der Waals surface area contributed by atoms with Gasteiger partial charge in [0, 0.05) is 18.2 Å². The van der Waals surface area contributed by atoms with E-state index in [9.17, 15) is 4.79 Å². The van der Waals surface area contributed by atoms with E-state index in [1.54, 1.807) is 0 Å². The Balaban J connectivity index is 1.88. The normalized spacial score (nSPS) is 23.2. The predicted molar refractivity (Wildman–Crippen MR) is 82.9 cm³/mol. The van der Waals surface area contributed by atoms with Crippen LogP contribution in [0, 0.1) is 5.92 Å². The van der Waals surface area contributed by atoms with Crippen LogP contribution in [0.1, 0.15) is 37.0 Å².